The summed E-state index contributed by atoms with van der Waals surface area (Å²) in [7, 11) is 2.10. The van der Waals surface area contributed by atoms with Gasteiger partial charge in [0.15, 0.2) is 0 Å². The fourth-order valence-corrected chi connectivity index (χ4v) is 2.25. The second-order valence-electron chi connectivity index (χ2n) is 4.97. The van der Waals surface area contributed by atoms with Crippen LogP contribution in [0.1, 0.15) is 28.9 Å². The first-order chi connectivity index (χ1) is 8.54. The zero-order valence-electron chi connectivity index (χ0n) is 10.9. The van der Waals surface area contributed by atoms with Crippen LogP contribution in [0.25, 0.3) is 0 Å². The Bertz CT molecular complexity index is 418. The molecule has 0 aliphatic carbocycles. The van der Waals surface area contributed by atoms with Crippen molar-refractivity contribution in [3.8, 4) is 0 Å². The number of nitrogen functional groups attached to an aromatic ring is 1. The van der Waals surface area contributed by atoms with Crippen LogP contribution in [0, 0.1) is 6.92 Å². The Labute approximate surface area is 107 Å². The van der Waals surface area contributed by atoms with Crippen molar-refractivity contribution in [1.82, 2.24) is 15.2 Å². The predicted octanol–water partition coefficient (Wildman–Crippen LogP) is 0.796. The summed E-state index contributed by atoms with van der Waals surface area (Å²) in [5, 5.41) is 3.06. The fourth-order valence-electron chi connectivity index (χ4n) is 2.25. The Morgan fingerprint density at radius 2 is 2.11 bits per heavy atom. The molecule has 2 heterocycles. The predicted molar refractivity (Wildman–Crippen MR) is 71.4 cm³/mol. The van der Waals surface area contributed by atoms with Crippen LogP contribution < -0.4 is 11.1 Å². The Kier molecular flexibility index (Phi) is 3.81. The van der Waals surface area contributed by atoms with Crippen LogP contribution in [0.15, 0.2) is 12.1 Å². The highest BCUT2D eigenvalue weighted by molar-refractivity contribution is 5.95. The minimum absolute atomic E-state index is 0.0539. The molecule has 0 atom stereocenters. The van der Waals surface area contributed by atoms with Crippen LogP contribution in [0.5, 0.6) is 0 Å². The number of nitrogens with zero attached hydrogens (tertiary/aromatic N) is 2. The summed E-state index contributed by atoms with van der Waals surface area (Å²) in [5.74, 6) is 0.338. The number of carbonyl (C=O) groups excluding carboxylic acids is 1. The van der Waals surface area contributed by atoms with Crippen molar-refractivity contribution in [2.75, 3.05) is 25.9 Å². The molecule has 1 aromatic rings. The molecule has 0 aromatic carbocycles. The van der Waals surface area contributed by atoms with E-state index in [9.17, 15) is 4.79 Å². The third-order valence-electron chi connectivity index (χ3n) is 3.29. The number of carbonyl (C=O) groups is 1. The summed E-state index contributed by atoms with van der Waals surface area (Å²) in [5.41, 5.74) is 7.01. The van der Waals surface area contributed by atoms with Gasteiger partial charge in [0.25, 0.3) is 5.91 Å². The average Bonchev–Trinajstić information content (AvgIpc) is 2.31. The van der Waals surface area contributed by atoms with Crippen LogP contribution in [0.2, 0.25) is 0 Å². The Hall–Kier alpha value is -1.62. The largest absolute Gasteiger partial charge is 0.384 e. The third kappa shape index (κ3) is 3.20. The lowest BCUT2D eigenvalue weighted by Gasteiger charge is -2.29. The summed E-state index contributed by atoms with van der Waals surface area (Å²) in [6, 6.07) is 3.65. The van der Waals surface area contributed by atoms with Crippen molar-refractivity contribution in [2.24, 2.45) is 0 Å². The number of amides is 1. The molecule has 1 aromatic heterocycles. The van der Waals surface area contributed by atoms with E-state index in [2.05, 4.69) is 22.2 Å². The molecule has 0 bridgehead atoms. The number of nitrogens with two attached hydrogens (primary N) is 1. The van der Waals surface area contributed by atoms with Gasteiger partial charge in [0.2, 0.25) is 0 Å². The van der Waals surface area contributed by atoms with Crippen molar-refractivity contribution in [2.45, 2.75) is 25.8 Å². The van der Waals surface area contributed by atoms with Crippen LogP contribution in [-0.4, -0.2) is 42.0 Å². The molecule has 1 aliphatic rings. The van der Waals surface area contributed by atoms with Crippen molar-refractivity contribution in [3.63, 3.8) is 0 Å². The maximum absolute atomic E-state index is 12.1. The molecular formula is C13H20N4O. The fraction of sp³-hybridized carbons (Fsp3) is 0.538. The van der Waals surface area contributed by atoms with Gasteiger partial charge < -0.3 is 16.0 Å². The normalized spacial score (nSPS) is 17.7. The van der Waals surface area contributed by atoms with E-state index in [-0.39, 0.29) is 11.9 Å². The van der Waals surface area contributed by atoms with Gasteiger partial charge in [-0.2, -0.15) is 0 Å². The molecule has 1 fully saturated rings. The summed E-state index contributed by atoms with van der Waals surface area (Å²) in [6.07, 6.45) is 2.00. The van der Waals surface area contributed by atoms with Crippen LogP contribution in [0.4, 0.5) is 5.82 Å². The Morgan fingerprint density at radius 1 is 1.44 bits per heavy atom. The average molecular weight is 248 g/mol. The van der Waals surface area contributed by atoms with Gasteiger partial charge in [-0.15, -0.1) is 0 Å². The molecular weight excluding hydrogens is 228 g/mol. The lowest BCUT2D eigenvalue weighted by Crippen LogP contribution is -2.43. The first kappa shape index (κ1) is 12.8. The summed E-state index contributed by atoms with van der Waals surface area (Å²) in [6.45, 7) is 3.90. The number of rotatable bonds is 2. The minimum Gasteiger partial charge on any atom is -0.384 e. The van der Waals surface area contributed by atoms with Gasteiger partial charge in [-0.1, -0.05) is 0 Å². The van der Waals surface area contributed by atoms with E-state index in [1.54, 1.807) is 12.1 Å². The molecule has 1 saturated heterocycles. The molecule has 18 heavy (non-hydrogen) atoms. The molecule has 1 amide bonds. The summed E-state index contributed by atoms with van der Waals surface area (Å²) < 4.78 is 0. The monoisotopic (exact) mass is 248 g/mol. The van der Waals surface area contributed by atoms with E-state index in [0.29, 0.717) is 11.4 Å². The number of piperidine rings is 1. The molecule has 5 heteroatoms. The molecule has 0 unspecified atom stereocenters. The SMILES string of the molecule is Cc1cc(C(=O)NC2CCN(C)CC2)cc(N)n1. The van der Waals surface area contributed by atoms with E-state index in [1.165, 1.54) is 0 Å². The van der Waals surface area contributed by atoms with Gasteiger partial charge in [-0.3, -0.25) is 4.79 Å². The Balaban J connectivity index is 1.99. The summed E-state index contributed by atoms with van der Waals surface area (Å²) in [4.78, 5) is 18.4. The molecule has 2 rings (SSSR count). The zero-order valence-corrected chi connectivity index (χ0v) is 10.9. The number of aromatic nitrogens is 1. The van der Waals surface area contributed by atoms with Gasteiger partial charge in [0.05, 0.1) is 0 Å². The van der Waals surface area contributed by atoms with Gasteiger partial charge in [0, 0.05) is 17.3 Å². The van der Waals surface area contributed by atoms with Crippen molar-refractivity contribution in [3.05, 3.63) is 23.4 Å². The summed E-state index contributed by atoms with van der Waals surface area (Å²) >= 11 is 0. The van der Waals surface area contributed by atoms with E-state index in [0.717, 1.165) is 31.6 Å². The van der Waals surface area contributed by atoms with E-state index >= 15 is 0 Å². The van der Waals surface area contributed by atoms with Crippen molar-refractivity contribution in [1.29, 1.82) is 0 Å². The van der Waals surface area contributed by atoms with Gasteiger partial charge in [-0.05, 0) is 52.0 Å². The van der Waals surface area contributed by atoms with Crippen molar-refractivity contribution >= 4 is 11.7 Å². The number of nitrogens with one attached hydrogen (secondary N) is 1. The second-order valence-corrected chi connectivity index (χ2v) is 4.97. The minimum atomic E-state index is -0.0539. The maximum Gasteiger partial charge on any atom is 0.251 e. The highest BCUT2D eigenvalue weighted by atomic mass is 16.1. The molecule has 1 aliphatic heterocycles. The lowest BCUT2D eigenvalue weighted by atomic mass is 10.0. The zero-order chi connectivity index (χ0) is 13.1. The molecule has 5 nitrogen and oxygen atoms in total. The highest BCUT2D eigenvalue weighted by Gasteiger charge is 2.19. The number of anilines is 1. The van der Waals surface area contributed by atoms with Gasteiger partial charge in [-0.25, -0.2) is 4.98 Å². The number of hydrogen-bond acceptors (Lipinski definition) is 4. The number of hydrogen-bond donors (Lipinski definition) is 2. The number of pyridine rings is 1. The molecule has 0 saturated carbocycles. The molecule has 98 valence electrons. The highest BCUT2D eigenvalue weighted by Crippen LogP contribution is 2.11. The van der Waals surface area contributed by atoms with Crippen molar-refractivity contribution < 1.29 is 4.79 Å². The standard InChI is InChI=1S/C13H20N4O/c1-9-7-10(8-12(14)15-9)13(18)16-11-3-5-17(2)6-4-11/h7-8,11H,3-6H2,1-2H3,(H2,14,15)(H,16,18). The molecule has 0 spiro atoms. The number of aryl methyl sites for hydroxylation is 1. The van der Waals surface area contributed by atoms with Crippen LogP contribution >= 0.6 is 0 Å². The number of likely N-dealkylation sites (tertiary alicyclic amines) is 1. The van der Waals surface area contributed by atoms with E-state index < -0.39 is 0 Å². The van der Waals surface area contributed by atoms with E-state index in [1.807, 2.05) is 6.92 Å². The van der Waals surface area contributed by atoms with Gasteiger partial charge >= 0.3 is 0 Å². The molecule has 3 N–H and O–H groups in total. The smallest absolute Gasteiger partial charge is 0.251 e. The quantitative estimate of drug-likeness (QED) is 0.812. The Morgan fingerprint density at radius 3 is 2.72 bits per heavy atom. The van der Waals surface area contributed by atoms with Gasteiger partial charge in [0.1, 0.15) is 5.82 Å². The first-order valence-electron chi connectivity index (χ1n) is 6.28. The van der Waals surface area contributed by atoms with Crippen LogP contribution in [-0.2, 0) is 0 Å². The first-order valence-corrected chi connectivity index (χ1v) is 6.28. The van der Waals surface area contributed by atoms with E-state index in [4.69, 9.17) is 5.73 Å². The third-order valence-corrected chi connectivity index (χ3v) is 3.29. The van der Waals surface area contributed by atoms with Crippen LogP contribution in [0.3, 0.4) is 0 Å². The maximum atomic E-state index is 12.1. The topological polar surface area (TPSA) is 71.2 Å². The molecule has 0 radical (unpaired) electrons. The lowest BCUT2D eigenvalue weighted by molar-refractivity contribution is 0.0916. The second kappa shape index (κ2) is 5.35.